The van der Waals surface area contributed by atoms with Gasteiger partial charge in [-0.15, -0.1) is 0 Å². The topological polar surface area (TPSA) is 44.4 Å². The van der Waals surface area contributed by atoms with E-state index < -0.39 is 0 Å². The van der Waals surface area contributed by atoms with Gasteiger partial charge in [-0.1, -0.05) is 30.3 Å². The fourth-order valence-corrected chi connectivity index (χ4v) is 4.37. The van der Waals surface area contributed by atoms with Crippen LogP contribution < -0.4 is 15.5 Å². The third-order valence-electron chi connectivity index (χ3n) is 5.51. The summed E-state index contributed by atoms with van der Waals surface area (Å²) >= 11 is 5.58. The molecule has 1 fully saturated rings. The Hall–Kier alpha value is -2.40. The Morgan fingerprint density at radius 3 is 2.81 bits per heavy atom. The van der Waals surface area contributed by atoms with Crippen molar-refractivity contribution < 1.29 is 4.79 Å². The highest BCUT2D eigenvalue weighted by molar-refractivity contribution is 7.80. The van der Waals surface area contributed by atoms with Crippen molar-refractivity contribution in [3.63, 3.8) is 0 Å². The first-order valence-corrected chi connectivity index (χ1v) is 10.1. The summed E-state index contributed by atoms with van der Waals surface area (Å²) in [5, 5.41) is 7.41. The Morgan fingerprint density at radius 1 is 1.15 bits per heavy atom. The van der Waals surface area contributed by atoms with Gasteiger partial charge in [0, 0.05) is 24.3 Å². The number of carbonyl (C=O) groups is 1. The molecule has 1 saturated heterocycles. The van der Waals surface area contributed by atoms with Crippen LogP contribution in [0.5, 0.6) is 0 Å². The number of hydrogen-bond donors (Lipinski definition) is 2. The maximum atomic E-state index is 12.1. The second-order valence-electron chi connectivity index (χ2n) is 7.39. The van der Waals surface area contributed by atoms with Crippen molar-refractivity contribution in [1.29, 1.82) is 0 Å². The number of fused-ring (bicyclic) bond motifs is 1. The zero-order valence-corrected chi connectivity index (χ0v) is 16.4. The molecular weight excluding hydrogens is 354 g/mol. The highest BCUT2D eigenvalue weighted by Gasteiger charge is 2.24. The van der Waals surface area contributed by atoms with Crippen LogP contribution in [0.1, 0.15) is 48.4 Å². The van der Waals surface area contributed by atoms with Gasteiger partial charge < -0.3 is 15.5 Å². The highest BCUT2D eigenvalue weighted by Crippen LogP contribution is 2.30. The van der Waals surface area contributed by atoms with E-state index in [4.69, 9.17) is 12.2 Å². The van der Waals surface area contributed by atoms with Gasteiger partial charge in [-0.2, -0.15) is 0 Å². The first kappa shape index (κ1) is 18.0. The van der Waals surface area contributed by atoms with Gasteiger partial charge >= 0.3 is 0 Å². The molecule has 1 aliphatic heterocycles. The number of benzene rings is 2. The number of nitrogens with zero attached hydrogens (tertiary/aromatic N) is 1. The Bertz CT molecular complexity index is 880. The molecule has 1 aliphatic carbocycles. The molecule has 2 aromatic rings. The quantitative estimate of drug-likeness (QED) is 0.772. The fourth-order valence-electron chi connectivity index (χ4n) is 4.11. The number of thiocarbonyl (C=S) groups is 1. The van der Waals surface area contributed by atoms with Crippen molar-refractivity contribution in [3.05, 3.63) is 59.2 Å². The minimum Gasteiger partial charge on any atom is -0.356 e. The molecule has 5 heteroatoms. The molecule has 1 atom stereocenters. The lowest BCUT2D eigenvalue weighted by molar-refractivity contribution is -0.117. The van der Waals surface area contributed by atoms with Crippen molar-refractivity contribution in [1.82, 2.24) is 5.32 Å². The molecule has 2 aliphatic rings. The molecule has 4 rings (SSSR count). The summed E-state index contributed by atoms with van der Waals surface area (Å²) in [6.07, 6.45) is 4.96. The lowest BCUT2D eigenvalue weighted by atomic mass is 9.88. The average Bonchev–Trinajstić information content (AvgIpc) is 3.09. The number of anilines is 2. The zero-order valence-electron chi connectivity index (χ0n) is 15.6. The van der Waals surface area contributed by atoms with Crippen molar-refractivity contribution in [3.8, 4) is 0 Å². The maximum Gasteiger partial charge on any atom is 0.227 e. The molecule has 27 heavy (non-hydrogen) atoms. The fraction of sp³-hybridized carbons (Fsp3) is 0.364. The molecule has 2 aromatic carbocycles. The first-order chi connectivity index (χ1) is 13.1. The Morgan fingerprint density at radius 2 is 2.00 bits per heavy atom. The van der Waals surface area contributed by atoms with Gasteiger partial charge in [0.05, 0.1) is 6.04 Å². The molecule has 0 aromatic heterocycles. The molecule has 1 heterocycles. The third-order valence-corrected chi connectivity index (χ3v) is 5.73. The predicted octanol–water partition coefficient (Wildman–Crippen LogP) is 4.49. The first-order valence-electron chi connectivity index (χ1n) is 9.68. The van der Waals surface area contributed by atoms with Crippen LogP contribution in [0.4, 0.5) is 11.4 Å². The summed E-state index contributed by atoms with van der Waals surface area (Å²) < 4.78 is 0. The second-order valence-corrected chi connectivity index (χ2v) is 7.80. The summed E-state index contributed by atoms with van der Waals surface area (Å²) in [7, 11) is 0. The molecule has 140 valence electrons. The minimum atomic E-state index is 0.203. The van der Waals surface area contributed by atoms with Crippen LogP contribution >= 0.6 is 12.2 Å². The van der Waals surface area contributed by atoms with Crippen LogP contribution in [0.2, 0.25) is 0 Å². The summed E-state index contributed by atoms with van der Waals surface area (Å²) in [5.41, 5.74) is 5.76. The second kappa shape index (κ2) is 7.69. The van der Waals surface area contributed by atoms with Gasteiger partial charge in [0.2, 0.25) is 5.91 Å². The predicted molar refractivity (Wildman–Crippen MR) is 114 cm³/mol. The van der Waals surface area contributed by atoms with Gasteiger partial charge in [0.25, 0.3) is 0 Å². The molecule has 0 saturated carbocycles. The lowest BCUT2D eigenvalue weighted by Crippen LogP contribution is -2.34. The summed E-state index contributed by atoms with van der Waals surface area (Å²) in [5.74, 6) is 0.203. The third kappa shape index (κ3) is 3.83. The van der Waals surface area contributed by atoms with Gasteiger partial charge in [-0.25, -0.2) is 0 Å². The van der Waals surface area contributed by atoms with Crippen molar-refractivity contribution in [2.45, 2.75) is 45.1 Å². The smallest absolute Gasteiger partial charge is 0.227 e. The summed E-state index contributed by atoms with van der Waals surface area (Å²) in [6, 6.07) is 14.9. The number of amides is 1. The summed E-state index contributed by atoms with van der Waals surface area (Å²) in [4.78, 5) is 14.0. The number of rotatable bonds is 3. The number of nitrogens with one attached hydrogen (secondary N) is 2. The Kier molecular flexibility index (Phi) is 5.12. The minimum absolute atomic E-state index is 0.203. The van der Waals surface area contributed by atoms with E-state index in [1.807, 2.05) is 30.0 Å². The van der Waals surface area contributed by atoms with E-state index >= 15 is 0 Å². The Balaban J connectivity index is 1.47. The molecule has 1 amide bonds. The van der Waals surface area contributed by atoms with E-state index in [1.165, 1.54) is 17.5 Å². The number of aryl methyl sites for hydroxylation is 2. The lowest BCUT2D eigenvalue weighted by Gasteiger charge is -2.27. The van der Waals surface area contributed by atoms with Crippen LogP contribution in [-0.4, -0.2) is 17.6 Å². The number of carbonyl (C=O) groups excluding carboxylic acids is 1. The van der Waals surface area contributed by atoms with E-state index in [2.05, 4.69) is 34.9 Å². The van der Waals surface area contributed by atoms with E-state index in [-0.39, 0.29) is 11.9 Å². The van der Waals surface area contributed by atoms with Gasteiger partial charge in [-0.05, 0) is 73.6 Å². The standard InChI is InChI=1S/C22H25N3OS/c1-15-11-12-17(14-20(15)25-13-5-10-21(25)26)23-22(27)24-19-9-4-7-16-6-2-3-8-18(16)19/h2-3,6,8,11-12,14,19H,4-5,7,9-10,13H2,1H3,(H2,23,24,27)/t19-/m0/s1. The van der Waals surface area contributed by atoms with Gasteiger partial charge in [0.15, 0.2) is 5.11 Å². The van der Waals surface area contributed by atoms with E-state index in [0.717, 1.165) is 42.7 Å². The summed E-state index contributed by atoms with van der Waals surface area (Å²) in [6.45, 7) is 2.84. The van der Waals surface area contributed by atoms with Crippen LogP contribution in [0.15, 0.2) is 42.5 Å². The van der Waals surface area contributed by atoms with Crippen LogP contribution in [0.3, 0.4) is 0 Å². The van der Waals surface area contributed by atoms with Gasteiger partial charge in [0.1, 0.15) is 0 Å². The van der Waals surface area contributed by atoms with Crippen LogP contribution in [-0.2, 0) is 11.2 Å². The van der Waals surface area contributed by atoms with Crippen molar-refractivity contribution >= 4 is 34.6 Å². The molecule has 0 radical (unpaired) electrons. The Labute approximate surface area is 166 Å². The molecular formula is C22H25N3OS. The van der Waals surface area contributed by atoms with Crippen LogP contribution in [0, 0.1) is 6.92 Å². The average molecular weight is 380 g/mol. The monoisotopic (exact) mass is 379 g/mol. The highest BCUT2D eigenvalue weighted by atomic mass is 32.1. The normalized spacial score (nSPS) is 18.9. The molecule has 2 N–H and O–H groups in total. The largest absolute Gasteiger partial charge is 0.356 e. The van der Waals surface area contributed by atoms with E-state index in [1.54, 1.807) is 0 Å². The molecule has 0 spiro atoms. The van der Waals surface area contributed by atoms with E-state index in [0.29, 0.717) is 11.5 Å². The molecule has 0 unspecified atom stereocenters. The van der Waals surface area contributed by atoms with Gasteiger partial charge in [-0.3, -0.25) is 4.79 Å². The SMILES string of the molecule is Cc1ccc(NC(=S)N[C@H]2CCCc3ccccc32)cc1N1CCCC1=O. The number of hydrogen-bond acceptors (Lipinski definition) is 2. The van der Waals surface area contributed by atoms with E-state index in [9.17, 15) is 4.79 Å². The maximum absolute atomic E-state index is 12.1. The molecule has 0 bridgehead atoms. The zero-order chi connectivity index (χ0) is 18.8. The van der Waals surface area contributed by atoms with Crippen molar-refractivity contribution in [2.24, 2.45) is 0 Å². The van der Waals surface area contributed by atoms with Crippen LogP contribution in [0.25, 0.3) is 0 Å². The van der Waals surface area contributed by atoms with Crippen molar-refractivity contribution in [2.75, 3.05) is 16.8 Å². The molecule has 4 nitrogen and oxygen atoms in total.